The molecule has 0 radical (unpaired) electrons. The van der Waals surface area contributed by atoms with Gasteiger partial charge in [0.25, 0.3) is 0 Å². The summed E-state index contributed by atoms with van der Waals surface area (Å²) < 4.78 is 85.0. The SMILES string of the molecule is O=S(O)CCCCSS(=O)(=O)CCS(=O)(=O)SCCCCS(=O)O.[NaH]. The Bertz CT molecular complexity index is 551. The van der Waals surface area contributed by atoms with E-state index in [9.17, 15) is 25.3 Å². The van der Waals surface area contributed by atoms with E-state index in [1.165, 1.54) is 0 Å². The molecule has 2 atom stereocenters. The molecule has 0 aromatic heterocycles. The van der Waals surface area contributed by atoms with Gasteiger partial charge in [0.1, 0.15) is 0 Å². The molecule has 0 rings (SSSR count). The van der Waals surface area contributed by atoms with Gasteiger partial charge in [0.05, 0.1) is 11.5 Å². The predicted molar refractivity (Wildman–Crippen MR) is 109 cm³/mol. The molecule has 2 unspecified atom stereocenters. The maximum atomic E-state index is 11.7. The molecule has 0 aliphatic carbocycles. The Morgan fingerprint density at radius 3 is 1.28 bits per heavy atom. The molecule has 0 amide bonds. The summed E-state index contributed by atoms with van der Waals surface area (Å²) in [6.45, 7) is 0. The van der Waals surface area contributed by atoms with Crippen molar-refractivity contribution in [1.29, 1.82) is 0 Å². The fourth-order valence-corrected chi connectivity index (χ4v) is 9.43. The Morgan fingerprint density at radius 1 is 0.680 bits per heavy atom. The minimum absolute atomic E-state index is 0. The number of hydrogen-bond acceptors (Lipinski definition) is 8. The zero-order chi connectivity index (χ0) is 18.6. The zero-order valence-corrected chi connectivity index (χ0v) is 17.8. The molecule has 0 bridgehead atoms. The molecule has 2 N–H and O–H groups in total. The molecule has 0 saturated carbocycles. The van der Waals surface area contributed by atoms with Crippen molar-refractivity contribution in [2.24, 2.45) is 0 Å². The average molecular weight is 487 g/mol. The summed E-state index contributed by atoms with van der Waals surface area (Å²) in [5.74, 6) is -0.250. The fraction of sp³-hybridized carbons (Fsp3) is 1.00. The summed E-state index contributed by atoms with van der Waals surface area (Å²) in [4.78, 5) is 0. The Labute approximate surface area is 183 Å². The van der Waals surface area contributed by atoms with Crippen LogP contribution in [0.3, 0.4) is 0 Å². The molecule has 0 aromatic carbocycles. The van der Waals surface area contributed by atoms with Crippen LogP contribution in [0.2, 0.25) is 0 Å². The second-order valence-corrected chi connectivity index (χ2v) is 15.5. The van der Waals surface area contributed by atoms with E-state index in [4.69, 9.17) is 9.11 Å². The van der Waals surface area contributed by atoms with E-state index >= 15 is 0 Å². The van der Waals surface area contributed by atoms with E-state index in [0.717, 1.165) is 0 Å². The van der Waals surface area contributed by atoms with E-state index in [2.05, 4.69) is 0 Å². The molecule has 25 heavy (non-hydrogen) atoms. The Kier molecular flexibility index (Phi) is 18.2. The maximum absolute atomic E-state index is 11.7. The van der Waals surface area contributed by atoms with Gasteiger partial charge in [-0.25, -0.2) is 25.3 Å². The summed E-state index contributed by atoms with van der Waals surface area (Å²) in [6, 6.07) is 0. The van der Waals surface area contributed by atoms with Crippen molar-refractivity contribution < 1.29 is 34.4 Å². The van der Waals surface area contributed by atoms with Crippen molar-refractivity contribution in [3.05, 3.63) is 0 Å². The monoisotopic (exact) mass is 486 g/mol. The summed E-state index contributed by atoms with van der Waals surface area (Å²) in [5.41, 5.74) is 0. The quantitative estimate of drug-likeness (QED) is 0.145. The molecular weight excluding hydrogens is 463 g/mol. The van der Waals surface area contributed by atoms with Gasteiger partial charge in [-0.1, -0.05) is 0 Å². The predicted octanol–water partition coefficient (Wildman–Crippen LogP) is 0.468. The van der Waals surface area contributed by atoms with Crippen LogP contribution in [0, 0.1) is 0 Å². The third-order valence-corrected chi connectivity index (χ3v) is 11.3. The molecule has 8 nitrogen and oxygen atoms in total. The molecule has 0 spiro atoms. The third-order valence-electron chi connectivity index (χ3n) is 2.54. The van der Waals surface area contributed by atoms with Crippen LogP contribution in [-0.4, -0.2) is 98.4 Å². The molecule has 148 valence electrons. The van der Waals surface area contributed by atoms with Crippen molar-refractivity contribution in [3.63, 3.8) is 0 Å². The first-order chi connectivity index (χ1) is 11.0. The zero-order valence-electron chi connectivity index (χ0n) is 12.9. The van der Waals surface area contributed by atoms with E-state index in [-0.39, 0.29) is 52.6 Å². The summed E-state index contributed by atoms with van der Waals surface area (Å²) in [7, 11) is -5.77. The van der Waals surface area contributed by atoms with Gasteiger partial charge in [-0.3, -0.25) is 0 Å². The summed E-state index contributed by atoms with van der Waals surface area (Å²) >= 11 is -3.77. The molecule has 0 aromatic rings. The first kappa shape index (κ1) is 29.0. The Balaban J connectivity index is 0. The van der Waals surface area contributed by atoms with Crippen molar-refractivity contribution in [2.45, 2.75) is 25.7 Å². The average Bonchev–Trinajstić information content (AvgIpc) is 2.44. The third kappa shape index (κ3) is 20.4. The van der Waals surface area contributed by atoms with Gasteiger partial charge < -0.3 is 9.11 Å². The van der Waals surface area contributed by atoms with Crippen molar-refractivity contribution in [2.75, 3.05) is 34.5 Å². The van der Waals surface area contributed by atoms with Crippen molar-refractivity contribution >= 4 is 91.0 Å². The standard InChI is InChI=1S/C10H22O8S6.Na.H/c11-21(12)7-3-1-5-19-23(15,16)9-10-24(17,18)20-6-2-4-8-22(13)14;;/h1-10H2,(H,11,12)(H,13,14);;. The first-order valence-corrected chi connectivity index (χ1v) is 15.8. The van der Waals surface area contributed by atoms with E-state index < -0.39 is 51.4 Å². The van der Waals surface area contributed by atoms with Gasteiger partial charge in [-0.2, -0.15) is 0 Å². The minimum atomic E-state index is -3.55. The number of unbranched alkanes of at least 4 members (excludes halogenated alkanes) is 2. The fourth-order valence-electron chi connectivity index (χ4n) is 1.35. The van der Waals surface area contributed by atoms with E-state index in [1.54, 1.807) is 0 Å². The molecule has 15 heteroatoms. The Morgan fingerprint density at radius 2 is 1.00 bits per heavy atom. The molecule has 0 saturated heterocycles. The summed E-state index contributed by atoms with van der Waals surface area (Å²) in [6.07, 6.45) is 1.78. The van der Waals surface area contributed by atoms with Crippen molar-refractivity contribution in [1.82, 2.24) is 0 Å². The van der Waals surface area contributed by atoms with Crippen LogP contribution in [0.1, 0.15) is 25.7 Å². The van der Waals surface area contributed by atoms with Crippen LogP contribution < -0.4 is 0 Å². The normalized spacial score (nSPS) is 14.6. The molecule has 0 aliphatic heterocycles. The number of rotatable bonds is 15. The Hall–Kier alpha value is 1.82. The van der Waals surface area contributed by atoms with Crippen LogP contribution in [-0.2, 0) is 39.9 Å². The van der Waals surface area contributed by atoms with Crippen LogP contribution in [0.25, 0.3) is 0 Å². The van der Waals surface area contributed by atoms with Crippen LogP contribution in [0.5, 0.6) is 0 Å². The van der Waals surface area contributed by atoms with Crippen LogP contribution in [0.15, 0.2) is 0 Å². The van der Waals surface area contributed by atoms with E-state index in [0.29, 0.717) is 47.3 Å². The number of hydrogen-bond donors (Lipinski definition) is 2. The second kappa shape index (κ2) is 15.7. The van der Waals surface area contributed by atoms with Gasteiger partial charge in [-0.15, -0.1) is 0 Å². The van der Waals surface area contributed by atoms with Gasteiger partial charge in [-0.05, 0) is 47.3 Å². The van der Waals surface area contributed by atoms with Crippen LogP contribution >= 0.6 is 21.6 Å². The molecule has 0 heterocycles. The van der Waals surface area contributed by atoms with Crippen molar-refractivity contribution in [3.8, 4) is 0 Å². The van der Waals surface area contributed by atoms with E-state index in [1.807, 2.05) is 0 Å². The molecule has 0 fully saturated rings. The molecule has 0 aliphatic rings. The first-order valence-electron chi connectivity index (χ1n) is 6.93. The van der Waals surface area contributed by atoms with Gasteiger partial charge >= 0.3 is 29.6 Å². The molecular formula is C10H23NaO8S6. The second-order valence-electron chi connectivity index (χ2n) is 4.63. The summed E-state index contributed by atoms with van der Waals surface area (Å²) in [5, 5.41) is 0. The van der Waals surface area contributed by atoms with Gasteiger partial charge in [0, 0.05) is 23.0 Å². The topological polar surface area (TPSA) is 143 Å². The van der Waals surface area contributed by atoms with Gasteiger partial charge in [0.2, 0.25) is 17.7 Å². The van der Waals surface area contributed by atoms with Crippen LogP contribution in [0.4, 0.5) is 0 Å². The van der Waals surface area contributed by atoms with Gasteiger partial charge in [0.15, 0.2) is 22.2 Å².